The summed E-state index contributed by atoms with van der Waals surface area (Å²) in [4.78, 5) is 4.19. The molecule has 0 fully saturated rings. The minimum absolute atomic E-state index is 0.0305. The van der Waals surface area contributed by atoms with E-state index in [0.29, 0.717) is 25.6 Å². The van der Waals surface area contributed by atoms with Crippen LogP contribution < -0.4 is 20.1 Å². The summed E-state index contributed by atoms with van der Waals surface area (Å²) in [5.74, 6) is 2.75. The van der Waals surface area contributed by atoms with Crippen LogP contribution in [0.15, 0.2) is 29.3 Å². The largest absolute Gasteiger partial charge is 0.493 e. The molecule has 1 atom stereocenters. The van der Waals surface area contributed by atoms with Crippen molar-refractivity contribution in [3.63, 3.8) is 0 Å². The van der Waals surface area contributed by atoms with Crippen molar-refractivity contribution in [1.29, 1.82) is 0 Å². The Bertz CT molecular complexity index is 492. The molecule has 6 nitrogen and oxygen atoms in total. The van der Waals surface area contributed by atoms with E-state index in [-0.39, 0.29) is 6.10 Å². The Hall–Kier alpha value is -1.95. The number of hydrogen-bond donors (Lipinski definition) is 2. The van der Waals surface area contributed by atoms with Crippen molar-refractivity contribution in [2.24, 2.45) is 10.9 Å². The fraction of sp³-hybridized carbons (Fsp3) is 0.611. The predicted octanol–water partition coefficient (Wildman–Crippen LogP) is 2.30. The van der Waals surface area contributed by atoms with Crippen molar-refractivity contribution in [1.82, 2.24) is 10.6 Å². The zero-order chi connectivity index (χ0) is 17.8. The Kier molecular flexibility index (Phi) is 9.68. The van der Waals surface area contributed by atoms with Gasteiger partial charge in [0.2, 0.25) is 0 Å². The maximum absolute atomic E-state index is 5.91. The van der Waals surface area contributed by atoms with Crippen molar-refractivity contribution in [3.05, 3.63) is 24.3 Å². The predicted molar refractivity (Wildman–Crippen MR) is 98.1 cm³/mol. The monoisotopic (exact) mass is 337 g/mol. The van der Waals surface area contributed by atoms with E-state index in [1.54, 1.807) is 14.2 Å². The smallest absolute Gasteiger partial charge is 0.191 e. The van der Waals surface area contributed by atoms with Crippen LogP contribution in [0.3, 0.4) is 0 Å². The number of rotatable bonds is 10. The second-order valence-corrected chi connectivity index (χ2v) is 5.93. The van der Waals surface area contributed by atoms with Crippen molar-refractivity contribution in [3.8, 4) is 11.5 Å². The second kappa shape index (κ2) is 11.6. The maximum Gasteiger partial charge on any atom is 0.191 e. The van der Waals surface area contributed by atoms with E-state index in [1.165, 1.54) is 0 Å². The molecular formula is C18H31N3O3. The van der Waals surface area contributed by atoms with Crippen LogP contribution in [-0.2, 0) is 4.74 Å². The number of nitrogens with zero attached hydrogens (tertiary/aromatic N) is 1. The number of guanidine groups is 1. The molecule has 2 N–H and O–H groups in total. The maximum atomic E-state index is 5.91. The van der Waals surface area contributed by atoms with E-state index in [9.17, 15) is 0 Å². The molecule has 0 bridgehead atoms. The Morgan fingerprint density at radius 1 is 1.12 bits per heavy atom. The van der Waals surface area contributed by atoms with Gasteiger partial charge in [-0.3, -0.25) is 4.99 Å². The third kappa shape index (κ3) is 8.06. The van der Waals surface area contributed by atoms with Crippen LogP contribution in [0.5, 0.6) is 11.5 Å². The van der Waals surface area contributed by atoms with Gasteiger partial charge in [-0.25, -0.2) is 0 Å². The molecule has 1 rings (SSSR count). The number of ether oxygens (including phenoxy) is 3. The van der Waals surface area contributed by atoms with Crippen LogP contribution in [0.4, 0.5) is 0 Å². The standard InChI is InChI=1S/C18H31N3O3/c1-14(2)13-23-11-10-20-18(19-4)21-12-15(3)24-17-9-7-6-8-16(17)22-5/h6-9,14-15H,10-13H2,1-5H3,(H2,19,20,21). The summed E-state index contributed by atoms with van der Waals surface area (Å²) in [5.41, 5.74) is 0. The van der Waals surface area contributed by atoms with Crippen LogP contribution in [0, 0.1) is 5.92 Å². The van der Waals surface area contributed by atoms with Gasteiger partial charge in [0.05, 0.1) is 20.3 Å². The number of aliphatic imine (C=N–C) groups is 1. The minimum Gasteiger partial charge on any atom is -0.493 e. The molecule has 6 heteroatoms. The third-order valence-corrected chi connectivity index (χ3v) is 3.17. The zero-order valence-corrected chi connectivity index (χ0v) is 15.5. The fourth-order valence-electron chi connectivity index (χ4n) is 2.00. The van der Waals surface area contributed by atoms with E-state index in [2.05, 4.69) is 29.5 Å². The van der Waals surface area contributed by atoms with Crippen LogP contribution >= 0.6 is 0 Å². The molecule has 0 heterocycles. The molecular weight excluding hydrogens is 306 g/mol. The molecule has 1 aromatic carbocycles. The lowest BCUT2D eigenvalue weighted by molar-refractivity contribution is 0.114. The van der Waals surface area contributed by atoms with Crippen molar-refractivity contribution in [2.45, 2.75) is 26.9 Å². The first-order valence-corrected chi connectivity index (χ1v) is 8.38. The van der Waals surface area contributed by atoms with Gasteiger partial charge in [-0.2, -0.15) is 0 Å². The van der Waals surface area contributed by atoms with E-state index in [0.717, 1.165) is 24.1 Å². The van der Waals surface area contributed by atoms with Crippen LogP contribution in [0.25, 0.3) is 0 Å². The van der Waals surface area contributed by atoms with Gasteiger partial charge in [0, 0.05) is 20.2 Å². The SMILES string of the molecule is CN=C(NCCOCC(C)C)NCC(C)Oc1ccccc1OC. The first-order chi connectivity index (χ1) is 11.6. The lowest BCUT2D eigenvalue weighted by atomic mass is 10.2. The summed E-state index contributed by atoms with van der Waals surface area (Å²) < 4.78 is 16.7. The number of benzene rings is 1. The molecule has 0 aromatic heterocycles. The first kappa shape index (κ1) is 20.1. The van der Waals surface area contributed by atoms with Gasteiger partial charge in [-0.1, -0.05) is 26.0 Å². The summed E-state index contributed by atoms with van der Waals surface area (Å²) in [7, 11) is 3.38. The highest BCUT2D eigenvalue weighted by molar-refractivity contribution is 5.79. The number of para-hydroxylation sites is 2. The second-order valence-electron chi connectivity index (χ2n) is 5.93. The highest BCUT2D eigenvalue weighted by Crippen LogP contribution is 2.26. The molecule has 0 aliphatic carbocycles. The molecule has 1 unspecified atom stereocenters. The highest BCUT2D eigenvalue weighted by atomic mass is 16.5. The fourth-order valence-corrected chi connectivity index (χ4v) is 2.00. The van der Waals surface area contributed by atoms with Gasteiger partial charge in [0.1, 0.15) is 6.10 Å². The minimum atomic E-state index is -0.0305. The Morgan fingerprint density at radius 2 is 1.83 bits per heavy atom. The third-order valence-electron chi connectivity index (χ3n) is 3.17. The molecule has 0 aliphatic heterocycles. The van der Waals surface area contributed by atoms with Crippen LogP contribution in [0.2, 0.25) is 0 Å². The van der Waals surface area contributed by atoms with Gasteiger partial charge >= 0.3 is 0 Å². The normalized spacial score (nSPS) is 12.8. The van der Waals surface area contributed by atoms with E-state index in [1.807, 2.05) is 31.2 Å². The Balaban J connectivity index is 2.29. The average Bonchev–Trinajstić information content (AvgIpc) is 2.57. The van der Waals surface area contributed by atoms with Gasteiger partial charge in [0.15, 0.2) is 17.5 Å². The van der Waals surface area contributed by atoms with Gasteiger partial charge < -0.3 is 24.8 Å². The molecule has 0 radical (unpaired) electrons. The van der Waals surface area contributed by atoms with Crippen LogP contribution in [-0.4, -0.2) is 52.5 Å². The summed E-state index contributed by atoms with van der Waals surface area (Å²) in [5, 5.41) is 6.46. The zero-order valence-electron chi connectivity index (χ0n) is 15.5. The van der Waals surface area contributed by atoms with Crippen molar-refractivity contribution >= 4 is 5.96 Å². The topological polar surface area (TPSA) is 64.1 Å². The molecule has 24 heavy (non-hydrogen) atoms. The number of nitrogens with one attached hydrogen (secondary N) is 2. The summed E-state index contributed by atoms with van der Waals surface area (Å²) in [6, 6.07) is 7.62. The molecule has 0 amide bonds. The van der Waals surface area contributed by atoms with Gasteiger partial charge in [0.25, 0.3) is 0 Å². The van der Waals surface area contributed by atoms with Gasteiger partial charge in [-0.15, -0.1) is 0 Å². The molecule has 136 valence electrons. The summed E-state index contributed by atoms with van der Waals surface area (Å²) in [6.45, 7) is 9.05. The molecule has 0 saturated carbocycles. The van der Waals surface area contributed by atoms with E-state index >= 15 is 0 Å². The highest BCUT2D eigenvalue weighted by Gasteiger charge is 2.09. The lowest BCUT2D eigenvalue weighted by Crippen LogP contribution is -2.42. The summed E-state index contributed by atoms with van der Waals surface area (Å²) >= 11 is 0. The van der Waals surface area contributed by atoms with E-state index in [4.69, 9.17) is 14.2 Å². The quantitative estimate of drug-likeness (QED) is 0.390. The number of hydrogen-bond acceptors (Lipinski definition) is 4. The molecule has 1 aromatic rings. The molecule has 0 spiro atoms. The molecule has 0 aliphatic rings. The lowest BCUT2D eigenvalue weighted by Gasteiger charge is -2.19. The molecule has 0 saturated heterocycles. The van der Waals surface area contributed by atoms with Crippen molar-refractivity contribution < 1.29 is 14.2 Å². The number of methoxy groups -OCH3 is 1. The summed E-state index contributed by atoms with van der Waals surface area (Å²) in [6.07, 6.45) is -0.0305. The Labute approximate surface area is 145 Å². The van der Waals surface area contributed by atoms with Crippen LogP contribution in [0.1, 0.15) is 20.8 Å². The first-order valence-electron chi connectivity index (χ1n) is 8.38. The van der Waals surface area contributed by atoms with Gasteiger partial charge in [-0.05, 0) is 25.0 Å². The average molecular weight is 337 g/mol. The van der Waals surface area contributed by atoms with E-state index < -0.39 is 0 Å². The Morgan fingerprint density at radius 3 is 2.46 bits per heavy atom. The van der Waals surface area contributed by atoms with Crippen molar-refractivity contribution in [2.75, 3.05) is 40.5 Å².